The first-order valence-corrected chi connectivity index (χ1v) is 9.93. The summed E-state index contributed by atoms with van der Waals surface area (Å²) >= 11 is 0. The summed E-state index contributed by atoms with van der Waals surface area (Å²) in [4.78, 5) is 20.2. The molecule has 2 aliphatic heterocycles. The van der Waals surface area contributed by atoms with Crippen molar-refractivity contribution in [2.24, 2.45) is 10.4 Å². The van der Waals surface area contributed by atoms with Crippen molar-refractivity contribution in [2.45, 2.75) is 45.6 Å². The number of methoxy groups -OCH3 is 1. The molecule has 1 saturated heterocycles. The normalized spacial score (nSPS) is 21.6. The van der Waals surface area contributed by atoms with Gasteiger partial charge in [-0.1, -0.05) is 51.1 Å². The Bertz CT molecular complexity index is 924. The highest BCUT2D eigenvalue weighted by Crippen LogP contribution is 2.51. The third-order valence-electron chi connectivity index (χ3n) is 5.96. The lowest BCUT2D eigenvalue weighted by Gasteiger charge is -2.43. The largest absolute Gasteiger partial charge is 0.497 e. The molecule has 0 saturated carbocycles. The van der Waals surface area contributed by atoms with Crippen LogP contribution in [0, 0.1) is 5.41 Å². The number of amides is 1. The summed E-state index contributed by atoms with van der Waals surface area (Å²) in [6.45, 7) is 7.99. The quantitative estimate of drug-likeness (QED) is 0.765. The minimum atomic E-state index is -0.262. The maximum absolute atomic E-state index is 13.2. The van der Waals surface area contributed by atoms with Crippen LogP contribution in [0.5, 0.6) is 5.75 Å². The molecule has 4 nitrogen and oxygen atoms in total. The number of piperidine rings is 1. The summed E-state index contributed by atoms with van der Waals surface area (Å²) in [5, 5.41) is 0. The Labute approximate surface area is 167 Å². The Balaban J connectivity index is 1.60. The standard InChI is InChI=1S/C24H28N2O2/c1-23(2,3)22-24(19-7-5-6-8-20(19)25-22)13-14-26(21(27)15-24)16-17-9-11-18(28-4)12-10-17/h5-12H,13-16H2,1-4H3/t24-/m0/s1. The first-order chi connectivity index (χ1) is 13.3. The van der Waals surface area contributed by atoms with Crippen molar-refractivity contribution >= 4 is 17.3 Å². The van der Waals surface area contributed by atoms with E-state index in [0.29, 0.717) is 13.0 Å². The zero-order chi connectivity index (χ0) is 19.9. The summed E-state index contributed by atoms with van der Waals surface area (Å²) < 4.78 is 5.23. The topological polar surface area (TPSA) is 41.9 Å². The second kappa shape index (κ2) is 6.77. The molecule has 0 aliphatic carbocycles. The molecule has 4 rings (SSSR count). The molecule has 28 heavy (non-hydrogen) atoms. The summed E-state index contributed by atoms with van der Waals surface area (Å²) in [7, 11) is 1.66. The van der Waals surface area contributed by atoms with Gasteiger partial charge in [-0.05, 0) is 35.7 Å². The van der Waals surface area contributed by atoms with E-state index in [-0.39, 0.29) is 16.7 Å². The number of rotatable bonds is 3. The summed E-state index contributed by atoms with van der Waals surface area (Å²) in [6, 6.07) is 16.3. The van der Waals surface area contributed by atoms with Gasteiger partial charge in [-0.2, -0.15) is 0 Å². The average Bonchev–Trinajstić information content (AvgIpc) is 2.99. The number of carbonyl (C=O) groups is 1. The van der Waals surface area contributed by atoms with Gasteiger partial charge in [0.05, 0.1) is 12.8 Å². The number of aliphatic imine (C=N–C) groups is 1. The fourth-order valence-electron chi connectivity index (χ4n) is 4.68. The Hall–Kier alpha value is -2.62. The van der Waals surface area contributed by atoms with Crippen LogP contribution >= 0.6 is 0 Å². The van der Waals surface area contributed by atoms with E-state index in [9.17, 15) is 4.79 Å². The second-order valence-corrected chi connectivity index (χ2v) is 8.90. The van der Waals surface area contributed by atoms with Crippen LogP contribution in [0.1, 0.15) is 44.7 Å². The molecule has 1 amide bonds. The predicted molar refractivity (Wildman–Crippen MR) is 112 cm³/mol. The highest BCUT2D eigenvalue weighted by atomic mass is 16.5. The molecule has 2 aromatic rings. The third-order valence-corrected chi connectivity index (χ3v) is 5.96. The first kappa shape index (κ1) is 18.7. The number of likely N-dealkylation sites (tertiary alicyclic amines) is 1. The monoisotopic (exact) mass is 376 g/mol. The predicted octanol–water partition coefficient (Wildman–Crippen LogP) is 4.89. The van der Waals surface area contributed by atoms with Crippen LogP contribution < -0.4 is 4.74 Å². The van der Waals surface area contributed by atoms with E-state index in [1.54, 1.807) is 7.11 Å². The summed E-state index contributed by atoms with van der Waals surface area (Å²) in [5.74, 6) is 1.04. The van der Waals surface area contributed by atoms with Crippen molar-refractivity contribution in [1.29, 1.82) is 0 Å². The zero-order valence-electron chi connectivity index (χ0n) is 17.2. The highest BCUT2D eigenvalue weighted by molar-refractivity contribution is 6.07. The molecule has 1 atom stereocenters. The molecular weight excluding hydrogens is 348 g/mol. The number of fused-ring (bicyclic) bond motifs is 2. The van der Waals surface area contributed by atoms with E-state index in [2.05, 4.69) is 39.0 Å². The van der Waals surface area contributed by atoms with Gasteiger partial charge in [-0.25, -0.2) is 0 Å². The van der Waals surface area contributed by atoms with E-state index >= 15 is 0 Å². The average molecular weight is 377 g/mol. The van der Waals surface area contributed by atoms with Crippen LogP contribution in [0.2, 0.25) is 0 Å². The van der Waals surface area contributed by atoms with Crippen LogP contribution in [0.3, 0.4) is 0 Å². The van der Waals surface area contributed by atoms with Crippen molar-refractivity contribution in [3.05, 3.63) is 59.7 Å². The molecule has 2 aliphatic rings. The Kier molecular flexibility index (Phi) is 4.53. The molecule has 0 unspecified atom stereocenters. The van der Waals surface area contributed by atoms with Crippen molar-refractivity contribution in [2.75, 3.05) is 13.7 Å². The molecule has 1 spiro atoms. The number of nitrogens with zero attached hydrogens (tertiary/aromatic N) is 2. The fraction of sp³-hybridized carbons (Fsp3) is 0.417. The molecule has 2 heterocycles. The molecule has 4 heteroatoms. The van der Waals surface area contributed by atoms with E-state index in [1.165, 1.54) is 5.56 Å². The highest BCUT2D eigenvalue weighted by Gasteiger charge is 2.51. The Morgan fingerprint density at radius 3 is 2.46 bits per heavy atom. The molecule has 0 aromatic heterocycles. The van der Waals surface area contributed by atoms with Crippen LogP contribution in [0.4, 0.5) is 5.69 Å². The van der Waals surface area contributed by atoms with E-state index in [0.717, 1.165) is 35.7 Å². The fourth-order valence-corrected chi connectivity index (χ4v) is 4.68. The van der Waals surface area contributed by atoms with Gasteiger partial charge in [0.15, 0.2) is 0 Å². The van der Waals surface area contributed by atoms with Gasteiger partial charge in [0.25, 0.3) is 0 Å². The first-order valence-electron chi connectivity index (χ1n) is 9.93. The minimum absolute atomic E-state index is 0.0720. The van der Waals surface area contributed by atoms with Crippen molar-refractivity contribution in [3.8, 4) is 5.75 Å². The number of carbonyl (C=O) groups excluding carboxylic acids is 1. The van der Waals surface area contributed by atoms with Gasteiger partial charge < -0.3 is 9.64 Å². The molecule has 0 N–H and O–H groups in total. The Morgan fingerprint density at radius 2 is 1.82 bits per heavy atom. The van der Waals surface area contributed by atoms with Gasteiger partial charge in [-0.3, -0.25) is 9.79 Å². The van der Waals surface area contributed by atoms with Crippen LogP contribution in [0.15, 0.2) is 53.5 Å². The van der Waals surface area contributed by atoms with Gasteiger partial charge in [0, 0.05) is 36.1 Å². The Morgan fingerprint density at radius 1 is 1.11 bits per heavy atom. The van der Waals surface area contributed by atoms with Crippen molar-refractivity contribution in [3.63, 3.8) is 0 Å². The van der Waals surface area contributed by atoms with Gasteiger partial charge in [0.1, 0.15) is 5.75 Å². The van der Waals surface area contributed by atoms with Gasteiger partial charge in [-0.15, -0.1) is 0 Å². The van der Waals surface area contributed by atoms with Crippen LogP contribution in [-0.2, 0) is 16.8 Å². The van der Waals surface area contributed by atoms with Crippen LogP contribution in [0.25, 0.3) is 0 Å². The van der Waals surface area contributed by atoms with Crippen LogP contribution in [-0.4, -0.2) is 30.2 Å². The van der Waals surface area contributed by atoms with Gasteiger partial charge >= 0.3 is 0 Å². The zero-order valence-corrected chi connectivity index (χ0v) is 17.2. The number of hydrogen-bond donors (Lipinski definition) is 0. The smallest absolute Gasteiger partial charge is 0.224 e. The number of hydrogen-bond acceptors (Lipinski definition) is 3. The van der Waals surface area contributed by atoms with E-state index in [1.807, 2.05) is 35.2 Å². The lowest BCUT2D eigenvalue weighted by Crippen LogP contribution is -2.51. The second-order valence-electron chi connectivity index (χ2n) is 8.90. The summed E-state index contributed by atoms with van der Waals surface area (Å²) in [6.07, 6.45) is 1.41. The molecule has 0 bridgehead atoms. The number of benzene rings is 2. The number of para-hydroxylation sites is 1. The maximum atomic E-state index is 13.2. The van der Waals surface area contributed by atoms with E-state index < -0.39 is 0 Å². The maximum Gasteiger partial charge on any atom is 0.224 e. The summed E-state index contributed by atoms with van der Waals surface area (Å²) in [5.41, 5.74) is 4.20. The van der Waals surface area contributed by atoms with E-state index in [4.69, 9.17) is 9.73 Å². The lowest BCUT2D eigenvalue weighted by molar-refractivity contribution is -0.135. The molecular formula is C24H28N2O2. The molecule has 2 aromatic carbocycles. The number of ether oxygens (including phenoxy) is 1. The minimum Gasteiger partial charge on any atom is -0.497 e. The SMILES string of the molecule is COc1ccc(CN2CC[C@@]3(CC2=O)C(C(C)(C)C)=Nc2ccccc23)cc1. The van der Waals surface area contributed by atoms with Crippen molar-refractivity contribution < 1.29 is 9.53 Å². The molecule has 146 valence electrons. The molecule has 1 fully saturated rings. The van der Waals surface area contributed by atoms with Crippen molar-refractivity contribution in [1.82, 2.24) is 4.90 Å². The molecule has 0 radical (unpaired) electrons. The van der Waals surface area contributed by atoms with Gasteiger partial charge in [0.2, 0.25) is 5.91 Å². The lowest BCUT2D eigenvalue weighted by atomic mass is 9.64. The third kappa shape index (κ3) is 3.11.